The molecule has 2 N–H and O–H groups in total. The van der Waals surface area contributed by atoms with Gasteiger partial charge in [0.2, 0.25) is 5.95 Å². The van der Waals surface area contributed by atoms with Crippen LogP contribution in [0.15, 0.2) is 43.0 Å². The topological polar surface area (TPSA) is 116 Å². The van der Waals surface area contributed by atoms with Crippen LogP contribution in [0.3, 0.4) is 0 Å². The predicted octanol–water partition coefficient (Wildman–Crippen LogP) is 4.32. The van der Waals surface area contributed by atoms with Gasteiger partial charge in [0.05, 0.1) is 42.3 Å². The Morgan fingerprint density at radius 1 is 1.14 bits per heavy atom. The van der Waals surface area contributed by atoms with Crippen LogP contribution in [0.25, 0.3) is 22.3 Å². The van der Waals surface area contributed by atoms with E-state index in [0.29, 0.717) is 18.8 Å². The number of anilines is 2. The molecule has 36 heavy (non-hydrogen) atoms. The maximum absolute atomic E-state index is 13.2. The number of hydrogen-bond acceptors (Lipinski definition) is 8. The molecule has 1 unspecified atom stereocenters. The maximum Gasteiger partial charge on any atom is 0.417 e. The van der Waals surface area contributed by atoms with Crippen molar-refractivity contribution in [3.8, 4) is 17.3 Å². The van der Waals surface area contributed by atoms with Gasteiger partial charge in [-0.05, 0) is 24.6 Å². The van der Waals surface area contributed by atoms with Crippen LogP contribution in [0.5, 0.6) is 0 Å². The van der Waals surface area contributed by atoms with Crippen molar-refractivity contribution in [3.63, 3.8) is 0 Å². The highest BCUT2D eigenvalue weighted by atomic mass is 19.4. The highest BCUT2D eigenvalue weighted by Gasteiger charge is 2.31. The zero-order valence-electron chi connectivity index (χ0n) is 19.2. The number of aromatic nitrogens is 5. The van der Waals surface area contributed by atoms with Gasteiger partial charge < -0.3 is 19.9 Å². The van der Waals surface area contributed by atoms with Crippen molar-refractivity contribution in [1.29, 1.82) is 5.26 Å². The molecule has 0 radical (unpaired) electrons. The summed E-state index contributed by atoms with van der Waals surface area (Å²) in [6.45, 7) is 4.83. The second-order valence-electron chi connectivity index (χ2n) is 8.30. The molecule has 0 saturated carbocycles. The molecule has 1 aliphatic heterocycles. The molecule has 1 atom stereocenters. The second kappa shape index (κ2) is 9.43. The number of hydrogen-bond donors (Lipinski definition) is 2. The summed E-state index contributed by atoms with van der Waals surface area (Å²) in [7, 11) is 0. The number of morpholine rings is 1. The normalized spacial score (nSPS) is 15.0. The first-order valence-corrected chi connectivity index (χ1v) is 11.2. The number of ether oxygens (including phenoxy) is 1. The number of nitrogens with one attached hydrogen (secondary N) is 2. The van der Waals surface area contributed by atoms with Crippen LogP contribution in [0.2, 0.25) is 0 Å². The van der Waals surface area contributed by atoms with E-state index in [2.05, 4.69) is 35.1 Å². The zero-order valence-corrected chi connectivity index (χ0v) is 19.2. The molecule has 12 heteroatoms. The summed E-state index contributed by atoms with van der Waals surface area (Å²) in [5.41, 5.74) is 0.930. The number of alkyl halides is 3. The Bertz CT molecular complexity index is 1420. The van der Waals surface area contributed by atoms with E-state index in [0.717, 1.165) is 36.7 Å². The molecule has 1 aliphatic rings. The molecule has 0 spiro atoms. The SMILES string of the molecule is CC(Nc1ncc(C#N)c(-c2c[nH]c3ncc(C(F)(F)F)cc23)n1)c1ccc(N2CCOCC2)nc1. The number of nitrogens with zero attached hydrogens (tertiary/aromatic N) is 6. The Balaban J connectivity index is 1.42. The van der Waals surface area contributed by atoms with E-state index in [1.165, 1.54) is 12.4 Å². The molecular weight excluding hydrogens is 473 g/mol. The Labute approximate surface area is 204 Å². The van der Waals surface area contributed by atoms with E-state index in [9.17, 15) is 18.4 Å². The molecule has 4 aromatic heterocycles. The van der Waals surface area contributed by atoms with Gasteiger partial charge in [-0.2, -0.15) is 18.4 Å². The van der Waals surface area contributed by atoms with Crippen LogP contribution >= 0.6 is 0 Å². The maximum atomic E-state index is 13.2. The minimum Gasteiger partial charge on any atom is -0.378 e. The average molecular weight is 494 g/mol. The lowest BCUT2D eigenvalue weighted by atomic mass is 10.1. The molecule has 4 aromatic rings. The number of fused-ring (bicyclic) bond motifs is 1. The lowest BCUT2D eigenvalue weighted by Crippen LogP contribution is -2.36. The highest BCUT2D eigenvalue weighted by molar-refractivity contribution is 5.94. The first-order chi connectivity index (χ1) is 17.3. The van der Waals surface area contributed by atoms with Crippen LogP contribution in [0, 0.1) is 11.3 Å². The van der Waals surface area contributed by atoms with E-state index < -0.39 is 11.7 Å². The van der Waals surface area contributed by atoms with E-state index in [-0.39, 0.29) is 34.3 Å². The Morgan fingerprint density at radius 2 is 1.94 bits per heavy atom. The van der Waals surface area contributed by atoms with Gasteiger partial charge in [-0.3, -0.25) is 0 Å². The number of aromatic amines is 1. The lowest BCUT2D eigenvalue weighted by Gasteiger charge is -2.28. The Kier molecular flexibility index (Phi) is 6.15. The van der Waals surface area contributed by atoms with Crippen molar-refractivity contribution in [1.82, 2.24) is 24.9 Å². The summed E-state index contributed by atoms with van der Waals surface area (Å²) in [5, 5.41) is 13.0. The van der Waals surface area contributed by atoms with Crippen LogP contribution in [0.4, 0.5) is 24.9 Å². The molecule has 0 amide bonds. The molecular formula is C24H21F3N8O. The number of halogens is 3. The van der Waals surface area contributed by atoms with E-state index in [1.807, 2.05) is 25.1 Å². The van der Waals surface area contributed by atoms with Gasteiger partial charge in [0.1, 0.15) is 17.5 Å². The van der Waals surface area contributed by atoms with Crippen LogP contribution < -0.4 is 10.2 Å². The quantitative estimate of drug-likeness (QED) is 0.422. The van der Waals surface area contributed by atoms with Crippen LogP contribution in [-0.2, 0) is 10.9 Å². The summed E-state index contributed by atoms with van der Waals surface area (Å²) in [6.07, 6.45) is 0.824. The van der Waals surface area contributed by atoms with E-state index in [4.69, 9.17) is 4.74 Å². The van der Waals surface area contributed by atoms with Crippen molar-refractivity contribution < 1.29 is 17.9 Å². The fourth-order valence-corrected chi connectivity index (χ4v) is 4.00. The third kappa shape index (κ3) is 4.65. The molecule has 5 rings (SSSR count). The van der Waals surface area contributed by atoms with Gasteiger partial charge in [0.25, 0.3) is 0 Å². The van der Waals surface area contributed by atoms with E-state index >= 15 is 0 Å². The third-order valence-electron chi connectivity index (χ3n) is 5.97. The lowest BCUT2D eigenvalue weighted by molar-refractivity contribution is -0.137. The number of nitriles is 1. The summed E-state index contributed by atoms with van der Waals surface area (Å²) in [5.74, 6) is 1.10. The Morgan fingerprint density at radius 3 is 2.64 bits per heavy atom. The molecule has 1 fully saturated rings. The molecule has 1 saturated heterocycles. The first-order valence-electron chi connectivity index (χ1n) is 11.2. The number of rotatable bonds is 5. The van der Waals surface area contributed by atoms with Crippen LogP contribution in [0.1, 0.15) is 29.7 Å². The monoisotopic (exact) mass is 494 g/mol. The summed E-state index contributed by atoms with van der Waals surface area (Å²) in [6, 6.07) is 6.69. The van der Waals surface area contributed by atoms with Crippen molar-refractivity contribution in [2.75, 3.05) is 36.5 Å². The summed E-state index contributed by atoms with van der Waals surface area (Å²) < 4.78 is 45.1. The standard InChI is InChI=1S/C24H21F3N8O/c1-14(15-2-3-20(29-10-15)35-4-6-36-7-5-35)33-23-32-11-16(9-28)21(34-23)19-13-31-22-18(19)8-17(12-30-22)24(25,26)27/h2-3,8,10-14H,4-7H2,1H3,(H,30,31)(H,32,33,34). The predicted molar refractivity (Wildman–Crippen MR) is 126 cm³/mol. The zero-order chi connectivity index (χ0) is 25.3. The molecule has 0 bridgehead atoms. The third-order valence-corrected chi connectivity index (χ3v) is 5.97. The number of H-pyrrole nitrogens is 1. The van der Waals surface area contributed by atoms with E-state index in [1.54, 1.807) is 6.20 Å². The molecule has 9 nitrogen and oxygen atoms in total. The molecule has 5 heterocycles. The van der Waals surface area contributed by atoms with Crippen molar-refractivity contribution in [2.24, 2.45) is 0 Å². The van der Waals surface area contributed by atoms with Gasteiger partial charge in [-0.15, -0.1) is 0 Å². The largest absolute Gasteiger partial charge is 0.417 e. The number of pyridine rings is 2. The average Bonchev–Trinajstić information content (AvgIpc) is 3.32. The summed E-state index contributed by atoms with van der Waals surface area (Å²) in [4.78, 5) is 22.1. The fourth-order valence-electron chi connectivity index (χ4n) is 4.00. The fraction of sp³-hybridized carbons (Fsp3) is 0.292. The van der Waals surface area contributed by atoms with Gasteiger partial charge in [0, 0.05) is 42.6 Å². The Hall–Kier alpha value is -4.24. The van der Waals surface area contributed by atoms with Crippen molar-refractivity contribution in [3.05, 3.63) is 59.7 Å². The van der Waals surface area contributed by atoms with Gasteiger partial charge in [-0.25, -0.2) is 19.9 Å². The van der Waals surface area contributed by atoms with Crippen LogP contribution in [-0.4, -0.2) is 51.2 Å². The molecule has 0 aliphatic carbocycles. The molecule has 0 aromatic carbocycles. The molecule has 184 valence electrons. The highest BCUT2D eigenvalue weighted by Crippen LogP contribution is 2.35. The van der Waals surface area contributed by atoms with Crippen molar-refractivity contribution in [2.45, 2.75) is 19.1 Å². The van der Waals surface area contributed by atoms with Gasteiger partial charge in [-0.1, -0.05) is 6.07 Å². The van der Waals surface area contributed by atoms with Gasteiger partial charge in [0.15, 0.2) is 0 Å². The van der Waals surface area contributed by atoms with Crippen molar-refractivity contribution >= 4 is 22.8 Å². The first kappa shape index (κ1) is 23.5. The smallest absolute Gasteiger partial charge is 0.378 e. The summed E-state index contributed by atoms with van der Waals surface area (Å²) >= 11 is 0. The minimum atomic E-state index is -4.55. The minimum absolute atomic E-state index is 0.128. The second-order valence-corrected chi connectivity index (χ2v) is 8.30. The van der Waals surface area contributed by atoms with Gasteiger partial charge >= 0.3 is 6.18 Å².